The summed E-state index contributed by atoms with van der Waals surface area (Å²) < 4.78 is 12.6. The zero-order valence-corrected chi connectivity index (χ0v) is 8.78. The molecule has 2 nitrogen and oxygen atoms in total. The van der Waals surface area contributed by atoms with Gasteiger partial charge in [0, 0.05) is 12.0 Å². The molecule has 1 rings (SSSR count). The topological polar surface area (TPSA) is 46.2 Å². The van der Waals surface area contributed by atoms with Crippen LogP contribution in [0.4, 0.5) is 4.39 Å². The smallest absolute Gasteiger partial charge is 0.123 e. The van der Waals surface area contributed by atoms with Gasteiger partial charge in [-0.25, -0.2) is 4.39 Å². The summed E-state index contributed by atoms with van der Waals surface area (Å²) in [7, 11) is 0. The molecule has 0 radical (unpaired) electrons. The number of hydrogen-bond donors (Lipinski definition) is 2. The second kappa shape index (κ2) is 5.05. The molecule has 15 heavy (non-hydrogen) atoms. The minimum atomic E-state index is -0.408. The van der Waals surface area contributed by atoms with E-state index >= 15 is 0 Å². The SMILES string of the molecule is CC(/C=C/c1ccc(F)cc1)(CN)CO. The van der Waals surface area contributed by atoms with Crippen molar-refractivity contribution in [2.75, 3.05) is 13.2 Å². The van der Waals surface area contributed by atoms with Gasteiger partial charge < -0.3 is 10.8 Å². The Labute approximate surface area is 89.2 Å². The van der Waals surface area contributed by atoms with Crippen molar-refractivity contribution in [3.05, 3.63) is 41.7 Å². The molecule has 3 N–H and O–H groups in total. The zero-order valence-electron chi connectivity index (χ0n) is 8.78. The Morgan fingerprint density at radius 1 is 1.40 bits per heavy atom. The van der Waals surface area contributed by atoms with Crippen molar-refractivity contribution in [2.45, 2.75) is 6.92 Å². The average Bonchev–Trinajstić information content (AvgIpc) is 2.28. The van der Waals surface area contributed by atoms with Crippen LogP contribution in [0.1, 0.15) is 12.5 Å². The van der Waals surface area contributed by atoms with E-state index < -0.39 is 5.41 Å². The molecule has 0 aromatic heterocycles. The van der Waals surface area contributed by atoms with E-state index in [-0.39, 0.29) is 12.4 Å². The number of halogens is 1. The maximum atomic E-state index is 12.6. The Morgan fingerprint density at radius 2 is 2.00 bits per heavy atom. The lowest BCUT2D eigenvalue weighted by Crippen LogP contribution is -2.28. The Hall–Kier alpha value is -1.19. The van der Waals surface area contributed by atoms with Crippen LogP contribution < -0.4 is 5.73 Å². The second-order valence-corrected chi connectivity index (χ2v) is 3.90. The lowest BCUT2D eigenvalue weighted by Gasteiger charge is -2.20. The average molecular weight is 209 g/mol. The third-order valence-corrected chi connectivity index (χ3v) is 2.38. The maximum absolute atomic E-state index is 12.6. The molecule has 0 heterocycles. The molecule has 0 spiro atoms. The molecular formula is C12H16FNO. The highest BCUT2D eigenvalue weighted by molar-refractivity contribution is 5.49. The van der Waals surface area contributed by atoms with Gasteiger partial charge in [0.1, 0.15) is 5.82 Å². The molecular weight excluding hydrogens is 193 g/mol. The maximum Gasteiger partial charge on any atom is 0.123 e. The van der Waals surface area contributed by atoms with Gasteiger partial charge in [0.15, 0.2) is 0 Å². The van der Waals surface area contributed by atoms with Crippen LogP contribution in [0.15, 0.2) is 30.3 Å². The molecule has 1 unspecified atom stereocenters. The first-order chi connectivity index (χ1) is 7.09. The van der Waals surface area contributed by atoms with Gasteiger partial charge in [0.05, 0.1) is 6.61 Å². The van der Waals surface area contributed by atoms with Crippen LogP contribution in [-0.2, 0) is 0 Å². The molecule has 0 saturated carbocycles. The molecule has 82 valence electrons. The van der Waals surface area contributed by atoms with E-state index in [9.17, 15) is 4.39 Å². The van der Waals surface area contributed by atoms with E-state index in [1.165, 1.54) is 12.1 Å². The monoisotopic (exact) mass is 209 g/mol. The van der Waals surface area contributed by atoms with Gasteiger partial charge in [-0.1, -0.05) is 31.2 Å². The molecule has 3 heteroatoms. The number of hydrogen-bond acceptors (Lipinski definition) is 2. The summed E-state index contributed by atoms with van der Waals surface area (Å²) in [6.45, 7) is 2.25. The second-order valence-electron chi connectivity index (χ2n) is 3.90. The highest BCUT2D eigenvalue weighted by Crippen LogP contribution is 2.17. The molecule has 0 aliphatic heterocycles. The Morgan fingerprint density at radius 3 is 2.47 bits per heavy atom. The van der Waals surface area contributed by atoms with Crippen LogP contribution in [-0.4, -0.2) is 18.3 Å². The van der Waals surface area contributed by atoms with Crippen molar-refractivity contribution in [3.8, 4) is 0 Å². The largest absolute Gasteiger partial charge is 0.395 e. The van der Waals surface area contributed by atoms with Gasteiger partial charge in [-0.15, -0.1) is 0 Å². The van der Waals surface area contributed by atoms with Crippen molar-refractivity contribution in [1.82, 2.24) is 0 Å². The normalized spacial score (nSPS) is 15.5. The van der Waals surface area contributed by atoms with Crippen molar-refractivity contribution in [2.24, 2.45) is 11.1 Å². The van der Waals surface area contributed by atoms with Crippen molar-refractivity contribution in [3.63, 3.8) is 0 Å². The van der Waals surface area contributed by atoms with E-state index in [1.54, 1.807) is 12.1 Å². The van der Waals surface area contributed by atoms with Crippen LogP contribution in [0.25, 0.3) is 6.08 Å². The highest BCUT2D eigenvalue weighted by Gasteiger charge is 2.16. The van der Waals surface area contributed by atoms with Gasteiger partial charge in [-0.2, -0.15) is 0 Å². The van der Waals surface area contributed by atoms with Crippen LogP contribution in [0.5, 0.6) is 0 Å². The Bertz CT molecular complexity index is 328. The van der Waals surface area contributed by atoms with Gasteiger partial charge in [-0.05, 0) is 17.7 Å². The first-order valence-corrected chi connectivity index (χ1v) is 4.85. The van der Waals surface area contributed by atoms with Gasteiger partial charge in [-0.3, -0.25) is 0 Å². The third-order valence-electron chi connectivity index (χ3n) is 2.38. The first kappa shape index (κ1) is 11.9. The van der Waals surface area contributed by atoms with E-state index in [0.717, 1.165) is 5.56 Å². The van der Waals surface area contributed by atoms with Crippen LogP contribution in [0.3, 0.4) is 0 Å². The van der Waals surface area contributed by atoms with E-state index in [1.807, 2.05) is 19.1 Å². The van der Waals surface area contributed by atoms with Gasteiger partial charge in [0.2, 0.25) is 0 Å². The van der Waals surface area contributed by atoms with E-state index in [2.05, 4.69) is 0 Å². The van der Waals surface area contributed by atoms with Crippen molar-refractivity contribution in [1.29, 1.82) is 0 Å². The summed E-state index contributed by atoms with van der Waals surface area (Å²) in [6.07, 6.45) is 3.68. The molecule has 0 amide bonds. The zero-order chi connectivity index (χ0) is 11.3. The van der Waals surface area contributed by atoms with Crippen molar-refractivity contribution < 1.29 is 9.50 Å². The standard InChI is InChI=1S/C12H16FNO/c1-12(8-14,9-15)7-6-10-2-4-11(13)5-3-10/h2-7,15H,8-9,14H2,1H3/b7-6+. The predicted molar refractivity (Wildman–Crippen MR) is 59.7 cm³/mol. The summed E-state index contributed by atoms with van der Waals surface area (Å²) in [6, 6.07) is 6.16. The number of benzene rings is 1. The molecule has 0 bridgehead atoms. The summed E-state index contributed by atoms with van der Waals surface area (Å²) >= 11 is 0. The van der Waals surface area contributed by atoms with Crippen LogP contribution in [0, 0.1) is 11.2 Å². The van der Waals surface area contributed by atoms with E-state index in [4.69, 9.17) is 10.8 Å². The van der Waals surface area contributed by atoms with Gasteiger partial charge in [0.25, 0.3) is 0 Å². The predicted octanol–water partition coefficient (Wildman–Crippen LogP) is 1.80. The first-order valence-electron chi connectivity index (χ1n) is 4.85. The molecule has 0 aliphatic rings. The quantitative estimate of drug-likeness (QED) is 0.794. The number of aliphatic hydroxyl groups is 1. The summed E-state index contributed by atoms with van der Waals surface area (Å²) in [4.78, 5) is 0. The minimum Gasteiger partial charge on any atom is -0.395 e. The Kier molecular flexibility index (Phi) is 4.00. The summed E-state index contributed by atoms with van der Waals surface area (Å²) in [5, 5.41) is 9.12. The highest BCUT2D eigenvalue weighted by atomic mass is 19.1. The number of rotatable bonds is 4. The third kappa shape index (κ3) is 3.46. The fourth-order valence-corrected chi connectivity index (χ4v) is 1.06. The lowest BCUT2D eigenvalue weighted by molar-refractivity contribution is 0.191. The molecule has 1 atom stereocenters. The molecule has 1 aromatic rings. The van der Waals surface area contributed by atoms with Crippen LogP contribution >= 0.6 is 0 Å². The number of nitrogens with two attached hydrogens (primary N) is 1. The Balaban J connectivity index is 2.76. The van der Waals surface area contributed by atoms with E-state index in [0.29, 0.717) is 6.54 Å². The van der Waals surface area contributed by atoms with Crippen LogP contribution in [0.2, 0.25) is 0 Å². The lowest BCUT2D eigenvalue weighted by atomic mass is 9.91. The molecule has 0 aliphatic carbocycles. The minimum absolute atomic E-state index is 0.00119. The molecule has 0 saturated heterocycles. The number of aliphatic hydroxyl groups excluding tert-OH is 1. The van der Waals surface area contributed by atoms with Crippen molar-refractivity contribution >= 4 is 6.08 Å². The molecule has 1 aromatic carbocycles. The summed E-state index contributed by atoms with van der Waals surface area (Å²) in [5.74, 6) is -0.254. The molecule has 0 fully saturated rings. The fraction of sp³-hybridized carbons (Fsp3) is 0.333. The fourth-order valence-electron chi connectivity index (χ4n) is 1.06. The summed E-state index contributed by atoms with van der Waals surface area (Å²) in [5.41, 5.74) is 6.02. The van der Waals surface area contributed by atoms with Gasteiger partial charge >= 0.3 is 0 Å².